The van der Waals surface area contributed by atoms with Crippen LogP contribution in [-0.2, 0) is 4.79 Å². The summed E-state index contributed by atoms with van der Waals surface area (Å²) in [5.74, 6) is 0.164. The van der Waals surface area contributed by atoms with Gasteiger partial charge in [-0.25, -0.2) is 0 Å². The highest BCUT2D eigenvalue weighted by Crippen LogP contribution is 2.28. The van der Waals surface area contributed by atoms with Crippen molar-refractivity contribution in [3.05, 3.63) is 30.1 Å². The molecule has 0 amide bonds. The zero-order valence-electron chi connectivity index (χ0n) is 12.1. The van der Waals surface area contributed by atoms with Crippen molar-refractivity contribution in [1.29, 1.82) is 0 Å². The van der Waals surface area contributed by atoms with Crippen molar-refractivity contribution in [2.45, 2.75) is 33.1 Å². The van der Waals surface area contributed by atoms with Crippen LogP contribution in [0.4, 0.5) is 0 Å². The molecule has 1 aromatic rings. The molecule has 0 saturated heterocycles. The van der Waals surface area contributed by atoms with Crippen molar-refractivity contribution < 1.29 is 4.79 Å². The van der Waals surface area contributed by atoms with Gasteiger partial charge in [-0.3, -0.25) is 9.78 Å². The van der Waals surface area contributed by atoms with E-state index in [0.717, 1.165) is 18.7 Å². The molecule has 0 saturated carbocycles. The van der Waals surface area contributed by atoms with E-state index in [4.69, 9.17) is 0 Å². The molecule has 3 heteroatoms. The largest absolute Gasteiger partial charge is 0.309 e. The summed E-state index contributed by atoms with van der Waals surface area (Å²) in [6.07, 6.45) is 2.58. The van der Waals surface area contributed by atoms with Crippen LogP contribution in [0.25, 0.3) is 0 Å². The lowest BCUT2D eigenvalue weighted by Crippen LogP contribution is -2.29. The van der Waals surface area contributed by atoms with Crippen LogP contribution in [0.3, 0.4) is 0 Å². The molecule has 0 aromatic carbocycles. The molecule has 0 aliphatic carbocycles. The number of carbonyl (C=O) groups excluding carboxylic acids is 1. The summed E-state index contributed by atoms with van der Waals surface area (Å²) in [5, 5.41) is 0. The molecule has 0 spiro atoms. The quantitative estimate of drug-likeness (QED) is 0.803. The Hall–Kier alpha value is -1.22. The number of hydrogen-bond acceptors (Lipinski definition) is 3. The third-order valence-electron chi connectivity index (χ3n) is 2.97. The van der Waals surface area contributed by atoms with Gasteiger partial charge in [0, 0.05) is 11.6 Å². The average Bonchev–Trinajstić information content (AvgIpc) is 2.29. The molecular weight excluding hydrogens is 224 g/mol. The number of carbonyl (C=O) groups is 1. The summed E-state index contributed by atoms with van der Waals surface area (Å²) in [6, 6.07) is 5.78. The number of nitrogens with zero attached hydrogens (tertiary/aromatic N) is 2. The van der Waals surface area contributed by atoms with E-state index in [0.29, 0.717) is 0 Å². The number of aromatic nitrogens is 1. The predicted molar refractivity (Wildman–Crippen MR) is 74.6 cm³/mol. The smallest absolute Gasteiger partial charge is 0.147 e. The van der Waals surface area contributed by atoms with Gasteiger partial charge in [-0.2, -0.15) is 0 Å². The van der Waals surface area contributed by atoms with Crippen LogP contribution in [0.1, 0.15) is 38.8 Å². The van der Waals surface area contributed by atoms with Gasteiger partial charge in [-0.1, -0.05) is 26.8 Å². The van der Waals surface area contributed by atoms with E-state index in [9.17, 15) is 4.79 Å². The fraction of sp³-hybridized carbons (Fsp3) is 0.600. The summed E-state index contributed by atoms with van der Waals surface area (Å²) in [6.45, 7) is 6.81. The van der Waals surface area contributed by atoms with Gasteiger partial charge in [0.05, 0.1) is 11.6 Å². The number of ketones is 1. The van der Waals surface area contributed by atoms with E-state index in [2.05, 4.69) is 9.88 Å². The molecule has 3 nitrogen and oxygen atoms in total. The molecule has 1 atom stereocenters. The molecule has 1 heterocycles. The first-order valence-electron chi connectivity index (χ1n) is 6.42. The van der Waals surface area contributed by atoms with Crippen LogP contribution in [0.5, 0.6) is 0 Å². The van der Waals surface area contributed by atoms with Gasteiger partial charge in [-0.05, 0) is 39.2 Å². The van der Waals surface area contributed by atoms with E-state index >= 15 is 0 Å². The minimum Gasteiger partial charge on any atom is -0.309 e. The Morgan fingerprint density at radius 1 is 1.33 bits per heavy atom. The van der Waals surface area contributed by atoms with Crippen molar-refractivity contribution in [2.75, 3.05) is 20.6 Å². The molecule has 1 rings (SSSR count). The Morgan fingerprint density at radius 3 is 2.44 bits per heavy atom. The standard InChI is InChI=1S/C15H24N2O/c1-15(2,3)14(18)12(9-11-17(4)5)13-8-6-7-10-16-13/h6-8,10,12H,9,11H2,1-5H3/t12-/m0/s1. The van der Waals surface area contributed by atoms with E-state index in [-0.39, 0.29) is 17.1 Å². The number of Topliss-reactive ketones (excluding diaryl/α,β-unsaturated/α-hetero) is 1. The lowest BCUT2D eigenvalue weighted by Gasteiger charge is -2.25. The Morgan fingerprint density at radius 2 is 2.00 bits per heavy atom. The summed E-state index contributed by atoms with van der Waals surface area (Å²) in [5.41, 5.74) is 0.563. The van der Waals surface area contributed by atoms with Crippen LogP contribution in [0, 0.1) is 5.41 Å². The maximum Gasteiger partial charge on any atom is 0.147 e. The van der Waals surface area contributed by atoms with Crippen molar-refractivity contribution in [3.63, 3.8) is 0 Å². The summed E-state index contributed by atoms with van der Waals surface area (Å²) in [7, 11) is 4.05. The van der Waals surface area contributed by atoms with Gasteiger partial charge >= 0.3 is 0 Å². The Labute approximate surface area is 110 Å². The van der Waals surface area contributed by atoms with E-state index < -0.39 is 0 Å². The van der Waals surface area contributed by atoms with Gasteiger partial charge in [0.2, 0.25) is 0 Å². The topological polar surface area (TPSA) is 33.2 Å². The number of hydrogen-bond donors (Lipinski definition) is 0. The molecular formula is C15H24N2O. The van der Waals surface area contributed by atoms with Crippen LogP contribution >= 0.6 is 0 Å². The van der Waals surface area contributed by atoms with Crippen LogP contribution in [-0.4, -0.2) is 36.3 Å². The third kappa shape index (κ3) is 4.22. The zero-order valence-corrected chi connectivity index (χ0v) is 12.1. The first kappa shape index (κ1) is 14.8. The van der Waals surface area contributed by atoms with Crippen LogP contribution in [0.2, 0.25) is 0 Å². The van der Waals surface area contributed by atoms with Crippen molar-refractivity contribution in [3.8, 4) is 0 Å². The summed E-state index contributed by atoms with van der Waals surface area (Å²) in [4.78, 5) is 19.0. The van der Waals surface area contributed by atoms with E-state index in [1.807, 2.05) is 53.1 Å². The van der Waals surface area contributed by atoms with E-state index in [1.54, 1.807) is 6.20 Å². The van der Waals surface area contributed by atoms with Crippen molar-refractivity contribution >= 4 is 5.78 Å². The molecule has 1 aromatic heterocycles. The molecule has 0 unspecified atom stereocenters. The first-order valence-corrected chi connectivity index (χ1v) is 6.42. The number of pyridine rings is 1. The van der Waals surface area contributed by atoms with Gasteiger partial charge in [-0.15, -0.1) is 0 Å². The highest BCUT2D eigenvalue weighted by Gasteiger charge is 2.31. The van der Waals surface area contributed by atoms with Crippen molar-refractivity contribution in [2.24, 2.45) is 5.41 Å². The fourth-order valence-electron chi connectivity index (χ4n) is 1.91. The lowest BCUT2D eigenvalue weighted by atomic mass is 9.80. The van der Waals surface area contributed by atoms with Crippen LogP contribution in [0.15, 0.2) is 24.4 Å². The van der Waals surface area contributed by atoms with Crippen molar-refractivity contribution in [1.82, 2.24) is 9.88 Å². The predicted octanol–water partition coefficient (Wildman–Crippen LogP) is 2.73. The highest BCUT2D eigenvalue weighted by molar-refractivity contribution is 5.89. The van der Waals surface area contributed by atoms with Gasteiger partial charge in [0.25, 0.3) is 0 Å². The molecule has 0 radical (unpaired) electrons. The molecule has 0 aliphatic heterocycles. The fourth-order valence-corrected chi connectivity index (χ4v) is 1.91. The maximum atomic E-state index is 12.5. The zero-order chi connectivity index (χ0) is 13.8. The lowest BCUT2D eigenvalue weighted by molar-refractivity contribution is -0.128. The third-order valence-corrected chi connectivity index (χ3v) is 2.97. The Bertz CT molecular complexity index is 379. The molecule has 0 fully saturated rings. The maximum absolute atomic E-state index is 12.5. The minimum absolute atomic E-state index is 0.103. The summed E-state index contributed by atoms with van der Waals surface area (Å²) < 4.78 is 0. The van der Waals surface area contributed by atoms with Gasteiger partial charge in [0.15, 0.2) is 0 Å². The second-order valence-corrected chi connectivity index (χ2v) is 6.01. The second-order valence-electron chi connectivity index (χ2n) is 6.01. The normalized spacial score (nSPS) is 13.7. The monoisotopic (exact) mass is 248 g/mol. The SMILES string of the molecule is CN(C)CC[C@H](C(=O)C(C)(C)C)c1ccccn1. The Balaban J connectivity index is 2.92. The van der Waals surface area contributed by atoms with Crippen LogP contribution < -0.4 is 0 Å². The molecule has 0 N–H and O–H groups in total. The first-order chi connectivity index (χ1) is 8.32. The molecule has 0 bridgehead atoms. The summed E-state index contributed by atoms with van der Waals surface area (Å²) >= 11 is 0. The Kier molecular flexibility index (Phi) is 5.03. The number of rotatable bonds is 5. The average molecular weight is 248 g/mol. The minimum atomic E-state index is -0.325. The van der Waals surface area contributed by atoms with E-state index in [1.165, 1.54) is 0 Å². The molecule has 0 aliphatic rings. The highest BCUT2D eigenvalue weighted by atomic mass is 16.1. The molecule has 100 valence electrons. The molecule has 18 heavy (non-hydrogen) atoms. The van der Waals surface area contributed by atoms with Gasteiger partial charge < -0.3 is 4.90 Å². The van der Waals surface area contributed by atoms with Gasteiger partial charge in [0.1, 0.15) is 5.78 Å². The second kappa shape index (κ2) is 6.10.